The lowest BCUT2D eigenvalue weighted by atomic mass is 10.1. The van der Waals surface area contributed by atoms with E-state index in [0.29, 0.717) is 12.1 Å². The minimum atomic E-state index is -1.36. The summed E-state index contributed by atoms with van der Waals surface area (Å²) in [7, 11) is 0. The Morgan fingerprint density at radius 3 is 2.72 bits per heavy atom. The third kappa shape index (κ3) is 1.76. The Hall–Kier alpha value is -1.88. The van der Waals surface area contributed by atoms with Gasteiger partial charge in [0.15, 0.2) is 0 Å². The first-order valence-corrected chi connectivity index (χ1v) is 5.59. The summed E-state index contributed by atoms with van der Waals surface area (Å²) in [5.41, 5.74) is -0.776. The van der Waals surface area contributed by atoms with E-state index in [2.05, 4.69) is 0 Å². The van der Waals surface area contributed by atoms with Crippen LogP contribution in [0.3, 0.4) is 0 Å². The molecule has 4 nitrogen and oxygen atoms in total. The van der Waals surface area contributed by atoms with E-state index in [1.165, 1.54) is 12.3 Å². The molecular formula is C12H9ClFNO3. The molecule has 0 spiro atoms. The maximum absolute atomic E-state index is 13.4. The van der Waals surface area contributed by atoms with Gasteiger partial charge in [-0.15, -0.1) is 0 Å². The zero-order valence-corrected chi connectivity index (χ0v) is 10.2. The van der Waals surface area contributed by atoms with Gasteiger partial charge in [0, 0.05) is 12.7 Å². The molecule has 1 aromatic heterocycles. The third-order valence-electron chi connectivity index (χ3n) is 2.71. The van der Waals surface area contributed by atoms with Crippen molar-refractivity contribution in [3.05, 3.63) is 45.0 Å². The first-order chi connectivity index (χ1) is 8.47. The summed E-state index contributed by atoms with van der Waals surface area (Å²) >= 11 is 5.76. The molecule has 1 N–H and O–H groups in total. The van der Waals surface area contributed by atoms with E-state index in [0.717, 1.165) is 6.07 Å². The molecule has 0 saturated heterocycles. The first kappa shape index (κ1) is 12.6. The van der Waals surface area contributed by atoms with Crippen LogP contribution in [0.15, 0.2) is 23.1 Å². The van der Waals surface area contributed by atoms with Gasteiger partial charge in [-0.2, -0.15) is 0 Å². The molecule has 0 atom stereocenters. The van der Waals surface area contributed by atoms with E-state index in [1.807, 2.05) is 0 Å². The molecule has 0 fully saturated rings. The van der Waals surface area contributed by atoms with Crippen molar-refractivity contribution in [2.45, 2.75) is 13.5 Å². The van der Waals surface area contributed by atoms with Crippen LogP contribution in [0, 0.1) is 5.82 Å². The molecule has 18 heavy (non-hydrogen) atoms. The number of benzene rings is 1. The monoisotopic (exact) mass is 269 g/mol. The molecule has 1 aromatic carbocycles. The summed E-state index contributed by atoms with van der Waals surface area (Å²) in [4.78, 5) is 22.9. The maximum Gasteiger partial charge on any atom is 0.341 e. The smallest absolute Gasteiger partial charge is 0.341 e. The molecule has 6 heteroatoms. The van der Waals surface area contributed by atoms with Crippen molar-refractivity contribution in [2.75, 3.05) is 0 Å². The quantitative estimate of drug-likeness (QED) is 0.911. The van der Waals surface area contributed by atoms with Crippen LogP contribution in [0.5, 0.6) is 0 Å². The van der Waals surface area contributed by atoms with Crippen molar-refractivity contribution in [3.63, 3.8) is 0 Å². The lowest BCUT2D eigenvalue weighted by Crippen LogP contribution is -2.19. The molecule has 94 valence electrons. The van der Waals surface area contributed by atoms with E-state index in [9.17, 15) is 14.0 Å². The van der Waals surface area contributed by atoms with E-state index in [1.54, 1.807) is 11.5 Å². The Labute approximate surface area is 106 Å². The van der Waals surface area contributed by atoms with Crippen LogP contribution in [0.2, 0.25) is 5.02 Å². The molecule has 0 saturated carbocycles. The molecule has 1 heterocycles. The number of aryl methyl sites for hydroxylation is 1. The fourth-order valence-electron chi connectivity index (χ4n) is 1.83. The number of carboxylic acids is 1. The lowest BCUT2D eigenvalue weighted by Gasteiger charge is -2.11. The second-order valence-electron chi connectivity index (χ2n) is 3.72. The topological polar surface area (TPSA) is 59.3 Å². The van der Waals surface area contributed by atoms with Gasteiger partial charge in [-0.3, -0.25) is 4.79 Å². The predicted octanol–water partition coefficient (Wildman–Crippen LogP) is 2.51. The average Bonchev–Trinajstić information content (AvgIpc) is 2.33. The van der Waals surface area contributed by atoms with Crippen LogP contribution in [0.4, 0.5) is 4.39 Å². The highest BCUT2D eigenvalue weighted by molar-refractivity contribution is 6.35. The molecule has 0 amide bonds. The number of halogens is 2. The van der Waals surface area contributed by atoms with Gasteiger partial charge in [-0.25, -0.2) is 9.18 Å². The predicted molar refractivity (Wildman–Crippen MR) is 65.8 cm³/mol. The number of pyridine rings is 1. The summed E-state index contributed by atoms with van der Waals surface area (Å²) in [6.45, 7) is 2.23. The summed E-state index contributed by atoms with van der Waals surface area (Å²) in [5, 5.41) is 8.51. The van der Waals surface area contributed by atoms with E-state index < -0.39 is 22.8 Å². The Kier molecular flexibility index (Phi) is 3.09. The van der Waals surface area contributed by atoms with Crippen LogP contribution in [0.1, 0.15) is 17.3 Å². The highest BCUT2D eigenvalue weighted by Gasteiger charge is 2.17. The fourth-order valence-corrected chi connectivity index (χ4v) is 2.07. The molecule has 0 aliphatic heterocycles. The van der Waals surface area contributed by atoms with Crippen molar-refractivity contribution in [1.29, 1.82) is 0 Å². The fraction of sp³-hybridized carbons (Fsp3) is 0.167. The number of fused-ring (bicyclic) bond motifs is 1. The molecule has 0 radical (unpaired) electrons. The maximum atomic E-state index is 13.4. The van der Waals surface area contributed by atoms with Crippen molar-refractivity contribution in [1.82, 2.24) is 4.57 Å². The highest BCUT2D eigenvalue weighted by atomic mass is 35.5. The van der Waals surface area contributed by atoms with Crippen LogP contribution in [0.25, 0.3) is 10.9 Å². The van der Waals surface area contributed by atoms with Gasteiger partial charge in [-0.05, 0) is 19.1 Å². The Morgan fingerprint density at radius 2 is 2.17 bits per heavy atom. The van der Waals surface area contributed by atoms with Crippen molar-refractivity contribution in [3.8, 4) is 0 Å². The zero-order valence-electron chi connectivity index (χ0n) is 9.41. The van der Waals surface area contributed by atoms with Gasteiger partial charge >= 0.3 is 5.97 Å². The van der Waals surface area contributed by atoms with E-state index >= 15 is 0 Å². The minimum Gasteiger partial charge on any atom is -0.477 e. The number of aromatic carboxylic acids is 1. The number of aromatic nitrogens is 1. The standard InChI is InChI=1S/C12H9ClFNO3/c1-2-15-5-6(12(17)18)11(16)9-8(15)4-3-7(14)10(9)13/h3-5H,2H2,1H3,(H,17,18). The zero-order chi connectivity index (χ0) is 13.4. The largest absolute Gasteiger partial charge is 0.477 e. The molecule has 2 aromatic rings. The lowest BCUT2D eigenvalue weighted by molar-refractivity contribution is 0.0695. The second kappa shape index (κ2) is 4.42. The van der Waals surface area contributed by atoms with Crippen LogP contribution in [-0.4, -0.2) is 15.6 Å². The molecule has 2 rings (SSSR count). The molecule has 0 aliphatic rings. The van der Waals surface area contributed by atoms with Gasteiger partial charge in [0.1, 0.15) is 11.4 Å². The van der Waals surface area contributed by atoms with Crippen LogP contribution < -0.4 is 5.43 Å². The molecular weight excluding hydrogens is 261 g/mol. The first-order valence-electron chi connectivity index (χ1n) is 5.21. The number of carbonyl (C=O) groups is 1. The average molecular weight is 270 g/mol. The van der Waals surface area contributed by atoms with E-state index in [4.69, 9.17) is 16.7 Å². The van der Waals surface area contributed by atoms with Crippen molar-refractivity contribution in [2.24, 2.45) is 0 Å². The minimum absolute atomic E-state index is 0.0987. The third-order valence-corrected chi connectivity index (χ3v) is 3.08. The van der Waals surface area contributed by atoms with Crippen molar-refractivity contribution >= 4 is 28.5 Å². The Balaban J connectivity index is 3.05. The van der Waals surface area contributed by atoms with Crippen molar-refractivity contribution < 1.29 is 14.3 Å². The van der Waals surface area contributed by atoms with Crippen LogP contribution in [-0.2, 0) is 6.54 Å². The van der Waals surface area contributed by atoms with Gasteiger partial charge in [0.25, 0.3) is 0 Å². The SMILES string of the molecule is CCn1cc(C(=O)O)c(=O)c2c(Cl)c(F)ccc21. The Bertz CT molecular complexity index is 709. The Morgan fingerprint density at radius 1 is 1.50 bits per heavy atom. The molecule has 0 aliphatic carbocycles. The normalized spacial score (nSPS) is 10.8. The van der Waals surface area contributed by atoms with Gasteiger partial charge < -0.3 is 9.67 Å². The summed E-state index contributed by atoms with van der Waals surface area (Å²) in [6.07, 6.45) is 1.24. The van der Waals surface area contributed by atoms with Gasteiger partial charge in [0.05, 0.1) is 15.9 Å². The number of hydrogen-bond donors (Lipinski definition) is 1. The summed E-state index contributed by atoms with van der Waals surface area (Å²) < 4.78 is 14.9. The van der Waals surface area contributed by atoms with Gasteiger partial charge in [0.2, 0.25) is 5.43 Å². The van der Waals surface area contributed by atoms with Gasteiger partial charge in [-0.1, -0.05) is 11.6 Å². The highest BCUT2D eigenvalue weighted by Crippen LogP contribution is 2.24. The summed E-state index contributed by atoms with van der Waals surface area (Å²) in [5.74, 6) is -2.10. The number of hydrogen-bond acceptors (Lipinski definition) is 2. The number of carboxylic acid groups (broad SMARTS) is 1. The number of nitrogens with zero attached hydrogens (tertiary/aromatic N) is 1. The molecule has 0 unspecified atom stereocenters. The second-order valence-corrected chi connectivity index (χ2v) is 4.10. The number of rotatable bonds is 2. The molecule has 0 bridgehead atoms. The van der Waals surface area contributed by atoms with Crippen LogP contribution >= 0.6 is 11.6 Å². The summed E-state index contributed by atoms with van der Waals surface area (Å²) in [6, 6.07) is 2.56. The van der Waals surface area contributed by atoms with E-state index in [-0.39, 0.29) is 10.4 Å².